The van der Waals surface area contributed by atoms with Crippen LogP contribution in [-0.2, 0) is 4.79 Å². The predicted octanol–water partition coefficient (Wildman–Crippen LogP) is 1.69. The van der Waals surface area contributed by atoms with E-state index in [9.17, 15) is 4.79 Å². The number of rotatable bonds is 4. The van der Waals surface area contributed by atoms with E-state index in [0.717, 1.165) is 25.8 Å². The minimum atomic E-state index is 0.0306. The number of carbonyl (C=O) groups excluding carboxylic acids is 1. The lowest BCUT2D eigenvalue weighted by molar-refractivity contribution is -0.139. The van der Waals surface area contributed by atoms with E-state index in [1.54, 1.807) is 0 Å². The predicted molar refractivity (Wildman–Crippen MR) is 82.4 cm³/mol. The van der Waals surface area contributed by atoms with Gasteiger partial charge in [-0.3, -0.25) is 4.79 Å². The molecule has 2 saturated carbocycles. The van der Waals surface area contributed by atoms with Gasteiger partial charge in [-0.1, -0.05) is 13.3 Å². The number of nitrogens with two attached hydrogens (primary N) is 1. The third-order valence-electron chi connectivity index (χ3n) is 5.75. The third-order valence-corrected chi connectivity index (χ3v) is 5.75. The quantitative estimate of drug-likeness (QED) is 0.853. The van der Waals surface area contributed by atoms with Crippen LogP contribution in [0.25, 0.3) is 0 Å². The molecule has 0 aromatic rings. The van der Waals surface area contributed by atoms with Crippen molar-refractivity contribution in [3.63, 3.8) is 0 Å². The second kappa shape index (κ2) is 6.02. The molecule has 0 aromatic heterocycles. The van der Waals surface area contributed by atoms with Gasteiger partial charge in [-0.15, -0.1) is 0 Å². The molecule has 0 aliphatic heterocycles. The summed E-state index contributed by atoms with van der Waals surface area (Å²) in [5, 5.41) is 0. The number of carbonyl (C=O) groups is 1. The van der Waals surface area contributed by atoms with Crippen LogP contribution < -0.4 is 5.73 Å². The average molecular weight is 281 g/mol. The molecule has 2 aliphatic carbocycles. The maximum absolute atomic E-state index is 12.7. The Hall–Kier alpha value is -0.610. The Kier molecular flexibility index (Phi) is 4.75. The van der Waals surface area contributed by atoms with E-state index >= 15 is 0 Å². The maximum Gasteiger partial charge on any atom is 0.227 e. The number of nitrogens with zero attached hydrogens (tertiary/aromatic N) is 2. The van der Waals surface area contributed by atoms with E-state index in [1.165, 1.54) is 19.3 Å². The summed E-state index contributed by atoms with van der Waals surface area (Å²) in [6.07, 6.45) is 6.94. The first-order chi connectivity index (χ1) is 9.37. The van der Waals surface area contributed by atoms with Gasteiger partial charge in [0.2, 0.25) is 5.91 Å². The van der Waals surface area contributed by atoms with E-state index in [0.29, 0.717) is 5.92 Å². The monoisotopic (exact) mass is 281 g/mol. The average Bonchev–Trinajstić information content (AvgIpc) is 2.35. The van der Waals surface area contributed by atoms with Crippen LogP contribution in [0.2, 0.25) is 0 Å². The summed E-state index contributed by atoms with van der Waals surface area (Å²) < 4.78 is 0. The largest absolute Gasteiger partial charge is 0.344 e. The van der Waals surface area contributed by atoms with Gasteiger partial charge in [0.1, 0.15) is 0 Å². The molecule has 0 heterocycles. The van der Waals surface area contributed by atoms with Gasteiger partial charge >= 0.3 is 0 Å². The van der Waals surface area contributed by atoms with Crippen molar-refractivity contribution in [2.45, 2.75) is 57.0 Å². The molecule has 0 aromatic carbocycles. The zero-order chi connectivity index (χ0) is 14.9. The molecule has 116 valence electrons. The molecular weight excluding hydrogens is 250 g/mol. The standard InChI is InChI=1S/C16H31N3O/c1-12-7-5-8-13(14(12)17)15(20)19(4)11-16(18(2)3)9-6-10-16/h12-14H,5-11,17H2,1-4H3. The highest BCUT2D eigenvalue weighted by molar-refractivity contribution is 5.79. The highest BCUT2D eigenvalue weighted by Crippen LogP contribution is 2.37. The first-order valence-electron chi connectivity index (χ1n) is 8.05. The fourth-order valence-electron chi connectivity index (χ4n) is 3.86. The lowest BCUT2D eigenvalue weighted by atomic mass is 9.74. The summed E-state index contributed by atoms with van der Waals surface area (Å²) in [6, 6.07) is 0.0374. The minimum absolute atomic E-state index is 0.0306. The Labute approximate surface area is 123 Å². The normalized spacial score (nSPS) is 32.8. The van der Waals surface area contributed by atoms with E-state index in [1.807, 2.05) is 11.9 Å². The first kappa shape index (κ1) is 15.8. The minimum Gasteiger partial charge on any atom is -0.344 e. The van der Waals surface area contributed by atoms with Crippen LogP contribution in [0.15, 0.2) is 0 Å². The second-order valence-corrected chi connectivity index (χ2v) is 7.26. The van der Waals surface area contributed by atoms with E-state index in [2.05, 4.69) is 25.9 Å². The van der Waals surface area contributed by atoms with Gasteiger partial charge in [0.05, 0.1) is 5.92 Å². The maximum atomic E-state index is 12.7. The van der Waals surface area contributed by atoms with Gasteiger partial charge in [0, 0.05) is 25.2 Å². The molecule has 2 N–H and O–H groups in total. The summed E-state index contributed by atoms with van der Waals surface area (Å²) in [4.78, 5) is 17.0. The fraction of sp³-hybridized carbons (Fsp3) is 0.938. The van der Waals surface area contributed by atoms with Gasteiger partial charge in [0.15, 0.2) is 0 Å². The second-order valence-electron chi connectivity index (χ2n) is 7.26. The van der Waals surface area contributed by atoms with Crippen molar-refractivity contribution < 1.29 is 4.79 Å². The summed E-state index contributed by atoms with van der Waals surface area (Å²) in [5.74, 6) is 0.762. The summed E-state index contributed by atoms with van der Waals surface area (Å²) >= 11 is 0. The van der Waals surface area contributed by atoms with Gasteiger partial charge in [-0.05, 0) is 52.1 Å². The van der Waals surface area contributed by atoms with Gasteiger partial charge < -0.3 is 15.5 Å². The van der Waals surface area contributed by atoms with Crippen molar-refractivity contribution in [1.29, 1.82) is 0 Å². The molecule has 4 nitrogen and oxygen atoms in total. The Balaban J connectivity index is 1.98. The lowest BCUT2D eigenvalue weighted by Crippen LogP contribution is -2.59. The number of likely N-dealkylation sites (N-methyl/N-ethyl adjacent to an activating group) is 2. The Morgan fingerprint density at radius 3 is 2.35 bits per heavy atom. The topological polar surface area (TPSA) is 49.6 Å². The SMILES string of the molecule is CC1CCCC(C(=O)N(C)CC2(N(C)C)CCC2)C1N. The van der Waals surface area contributed by atoms with E-state index < -0.39 is 0 Å². The van der Waals surface area contributed by atoms with E-state index in [4.69, 9.17) is 5.73 Å². The molecule has 3 atom stereocenters. The van der Waals surface area contributed by atoms with Gasteiger partial charge in [0.25, 0.3) is 0 Å². The number of hydrogen-bond acceptors (Lipinski definition) is 3. The molecule has 4 heteroatoms. The Morgan fingerprint density at radius 1 is 1.20 bits per heavy atom. The molecule has 3 unspecified atom stereocenters. The molecule has 2 rings (SSSR count). The van der Waals surface area contributed by atoms with Crippen LogP contribution in [-0.4, -0.2) is 55.0 Å². The van der Waals surface area contributed by atoms with Gasteiger partial charge in [-0.25, -0.2) is 0 Å². The molecule has 0 bridgehead atoms. The highest BCUT2D eigenvalue weighted by atomic mass is 16.2. The number of hydrogen-bond donors (Lipinski definition) is 1. The molecule has 2 aliphatic rings. The van der Waals surface area contributed by atoms with Crippen molar-refractivity contribution in [3.05, 3.63) is 0 Å². The molecule has 0 spiro atoms. The summed E-state index contributed by atoms with van der Waals surface area (Å²) in [6.45, 7) is 3.02. The van der Waals surface area contributed by atoms with E-state index in [-0.39, 0.29) is 23.4 Å². The molecule has 0 saturated heterocycles. The van der Waals surface area contributed by atoms with Crippen molar-refractivity contribution in [2.24, 2.45) is 17.6 Å². The number of amides is 1. The van der Waals surface area contributed by atoms with Crippen LogP contribution in [0.4, 0.5) is 0 Å². The summed E-state index contributed by atoms with van der Waals surface area (Å²) in [7, 11) is 6.22. The Bertz CT molecular complexity index is 352. The van der Waals surface area contributed by atoms with Crippen LogP contribution in [0.5, 0.6) is 0 Å². The smallest absolute Gasteiger partial charge is 0.227 e. The highest BCUT2D eigenvalue weighted by Gasteiger charge is 2.42. The third kappa shape index (κ3) is 2.86. The van der Waals surface area contributed by atoms with Crippen molar-refractivity contribution >= 4 is 5.91 Å². The molecule has 2 fully saturated rings. The molecule has 0 radical (unpaired) electrons. The van der Waals surface area contributed by atoms with Crippen LogP contribution >= 0.6 is 0 Å². The van der Waals surface area contributed by atoms with Crippen LogP contribution in [0.3, 0.4) is 0 Å². The zero-order valence-corrected chi connectivity index (χ0v) is 13.6. The molecule has 1 amide bonds. The van der Waals surface area contributed by atoms with Crippen LogP contribution in [0.1, 0.15) is 45.4 Å². The van der Waals surface area contributed by atoms with Gasteiger partial charge in [-0.2, -0.15) is 0 Å². The Morgan fingerprint density at radius 2 is 1.85 bits per heavy atom. The first-order valence-corrected chi connectivity index (χ1v) is 8.05. The van der Waals surface area contributed by atoms with Crippen molar-refractivity contribution in [2.75, 3.05) is 27.7 Å². The lowest BCUT2D eigenvalue weighted by Gasteiger charge is -2.49. The van der Waals surface area contributed by atoms with Crippen molar-refractivity contribution in [3.8, 4) is 0 Å². The molecular formula is C16H31N3O. The fourth-order valence-corrected chi connectivity index (χ4v) is 3.86. The zero-order valence-electron chi connectivity index (χ0n) is 13.6. The summed E-state index contributed by atoms with van der Waals surface area (Å²) in [5.41, 5.74) is 6.48. The van der Waals surface area contributed by atoms with Crippen LogP contribution in [0, 0.1) is 11.8 Å². The van der Waals surface area contributed by atoms with Crippen molar-refractivity contribution in [1.82, 2.24) is 9.80 Å². The molecule has 20 heavy (non-hydrogen) atoms.